The summed E-state index contributed by atoms with van der Waals surface area (Å²) in [7, 11) is 0. The maximum atomic E-state index is 12.0. The Morgan fingerprint density at radius 3 is 2.16 bits per heavy atom. The molecular weight excluding hydrogens is 236 g/mol. The molecule has 0 aromatic heterocycles. The number of nitrogens with one attached hydrogen (secondary N) is 2. The normalized spacial score (nSPS) is 9.95. The lowest BCUT2D eigenvalue weighted by atomic mass is 10.1. The molecule has 0 fully saturated rings. The predicted octanol–water partition coefficient (Wildman–Crippen LogP) is 3.72. The zero-order valence-corrected chi connectivity index (χ0v) is 10.8. The first-order valence-electron chi connectivity index (χ1n) is 6.25. The van der Waals surface area contributed by atoms with Crippen LogP contribution in [0.2, 0.25) is 0 Å². The summed E-state index contributed by atoms with van der Waals surface area (Å²) < 4.78 is 0. The van der Waals surface area contributed by atoms with E-state index < -0.39 is 0 Å². The quantitative estimate of drug-likeness (QED) is 0.800. The number of para-hydroxylation sites is 1. The Morgan fingerprint density at radius 1 is 1.00 bits per heavy atom. The second kappa shape index (κ2) is 5.96. The lowest BCUT2D eigenvalue weighted by molar-refractivity contribution is 0.102. The maximum Gasteiger partial charge on any atom is 0.255 e. The SMILES string of the molecule is CCC(=N)c1ccc(C(=O)Nc2ccccc2)cc1. The van der Waals surface area contributed by atoms with Gasteiger partial charge in [0, 0.05) is 17.0 Å². The number of carbonyl (C=O) groups excluding carboxylic acids is 1. The van der Waals surface area contributed by atoms with Crippen molar-refractivity contribution in [3.05, 3.63) is 65.7 Å². The Labute approximate surface area is 112 Å². The summed E-state index contributed by atoms with van der Waals surface area (Å²) in [6, 6.07) is 16.5. The number of amides is 1. The van der Waals surface area contributed by atoms with E-state index in [0.29, 0.717) is 17.7 Å². The van der Waals surface area contributed by atoms with E-state index in [9.17, 15) is 4.79 Å². The van der Waals surface area contributed by atoms with Gasteiger partial charge in [-0.25, -0.2) is 0 Å². The van der Waals surface area contributed by atoms with Gasteiger partial charge in [-0.2, -0.15) is 0 Å². The molecule has 19 heavy (non-hydrogen) atoms. The van der Waals surface area contributed by atoms with Crippen molar-refractivity contribution in [1.82, 2.24) is 0 Å². The summed E-state index contributed by atoms with van der Waals surface area (Å²) in [4.78, 5) is 12.0. The van der Waals surface area contributed by atoms with Crippen molar-refractivity contribution in [3.63, 3.8) is 0 Å². The Kier molecular flexibility index (Phi) is 4.08. The topological polar surface area (TPSA) is 53.0 Å². The van der Waals surface area contributed by atoms with Crippen molar-refractivity contribution >= 4 is 17.3 Å². The van der Waals surface area contributed by atoms with Gasteiger partial charge in [0.2, 0.25) is 0 Å². The Morgan fingerprint density at radius 2 is 1.58 bits per heavy atom. The van der Waals surface area contributed by atoms with Crippen molar-refractivity contribution in [2.24, 2.45) is 0 Å². The standard InChI is InChI=1S/C16H16N2O/c1-2-15(17)12-8-10-13(11-9-12)16(19)18-14-6-4-3-5-7-14/h3-11,17H,2H2,1H3,(H,18,19). The van der Waals surface area contributed by atoms with Gasteiger partial charge >= 0.3 is 0 Å². The van der Waals surface area contributed by atoms with Crippen molar-refractivity contribution in [3.8, 4) is 0 Å². The largest absolute Gasteiger partial charge is 0.322 e. The van der Waals surface area contributed by atoms with Crippen LogP contribution in [-0.2, 0) is 0 Å². The third-order valence-corrected chi connectivity index (χ3v) is 2.88. The molecule has 0 radical (unpaired) electrons. The molecule has 0 aliphatic rings. The first-order valence-corrected chi connectivity index (χ1v) is 6.25. The minimum Gasteiger partial charge on any atom is -0.322 e. The van der Waals surface area contributed by atoms with Gasteiger partial charge in [0.05, 0.1) is 0 Å². The number of hydrogen-bond donors (Lipinski definition) is 2. The summed E-state index contributed by atoms with van der Waals surface area (Å²) in [5.41, 5.74) is 2.81. The minimum absolute atomic E-state index is 0.138. The lowest BCUT2D eigenvalue weighted by Crippen LogP contribution is -2.12. The summed E-state index contributed by atoms with van der Waals surface area (Å²) in [5.74, 6) is -0.138. The lowest BCUT2D eigenvalue weighted by Gasteiger charge is -2.06. The van der Waals surface area contributed by atoms with Crippen LogP contribution in [-0.4, -0.2) is 11.6 Å². The van der Waals surface area contributed by atoms with Crippen molar-refractivity contribution < 1.29 is 4.79 Å². The van der Waals surface area contributed by atoms with Gasteiger partial charge in [-0.1, -0.05) is 37.3 Å². The first-order chi connectivity index (χ1) is 9.20. The monoisotopic (exact) mass is 252 g/mol. The highest BCUT2D eigenvalue weighted by molar-refractivity contribution is 6.05. The van der Waals surface area contributed by atoms with Gasteiger partial charge in [0.15, 0.2) is 0 Å². The van der Waals surface area contributed by atoms with Crippen LogP contribution in [0.1, 0.15) is 29.3 Å². The molecule has 0 saturated heterocycles. The number of rotatable bonds is 4. The Bertz CT molecular complexity index is 573. The third kappa shape index (κ3) is 3.28. The minimum atomic E-state index is -0.138. The molecule has 2 N–H and O–H groups in total. The van der Waals surface area contributed by atoms with E-state index in [1.54, 1.807) is 12.1 Å². The number of hydrogen-bond acceptors (Lipinski definition) is 2. The van der Waals surface area contributed by atoms with E-state index in [4.69, 9.17) is 5.41 Å². The van der Waals surface area contributed by atoms with Crippen LogP contribution in [0, 0.1) is 5.41 Å². The molecule has 96 valence electrons. The fourth-order valence-electron chi connectivity index (χ4n) is 1.75. The fourth-order valence-corrected chi connectivity index (χ4v) is 1.75. The Hall–Kier alpha value is -2.42. The number of benzene rings is 2. The maximum absolute atomic E-state index is 12.0. The first kappa shape index (κ1) is 13.0. The fraction of sp³-hybridized carbons (Fsp3) is 0.125. The molecule has 3 heteroatoms. The van der Waals surface area contributed by atoms with Crippen LogP contribution in [0.5, 0.6) is 0 Å². The van der Waals surface area contributed by atoms with Gasteiger partial charge in [-0.3, -0.25) is 4.79 Å². The van der Waals surface area contributed by atoms with E-state index in [0.717, 1.165) is 11.3 Å². The predicted molar refractivity (Wildman–Crippen MR) is 78.0 cm³/mol. The van der Waals surface area contributed by atoms with E-state index in [-0.39, 0.29) is 5.91 Å². The van der Waals surface area contributed by atoms with E-state index >= 15 is 0 Å². The van der Waals surface area contributed by atoms with Crippen LogP contribution in [0.25, 0.3) is 0 Å². The van der Waals surface area contributed by atoms with Crippen molar-refractivity contribution in [1.29, 1.82) is 5.41 Å². The Balaban J connectivity index is 2.10. The average Bonchev–Trinajstić information content (AvgIpc) is 2.47. The van der Waals surface area contributed by atoms with Gasteiger partial charge in [-0.15, -0.1) is 0 Å². The molecule has 0 aliphatic carbocycles. The smallest absolute Gasteiger partial charge is 0.255 e. The van der Waals surface area contributed by atoms with Crippen LogP contribution in [0.15, 0.2) is 54.6 Å². The molecule has 0 heterocycles. The molecular formula is C16H16N2O. The molecule has 0 saturated carbocycles. The summed E-state index contributed by atoms with van der Waals surface area (Å²) in [6.07, 6.45) is 0.690. The van der Waals surface area contributed by atoms with Crippen LogP contribution in [0.3, 0.4) is 0 Å². The highest BCUT2D eigenvalue weighted by Crippen LogP contribution is 2.10. The molecule has 2 rings (SSSR count). The molecule has 0 unspecified atom stereocenters. The van der Waals surface area contributed by atoms with Crippen molar-refractivity contribution in [2.45, 2.75) is 13.3 Å². The van der Waals surface area contributed by atoms with E-state index in [1.165, 1.54) is 0 Å². The molecule has 0 aliphatic heterocycles. The van der Waals surface area contributed by atoms with Crippen LogP contribution in [0.4, 0.5) is 5.69 Å². The van der Waals surface area contributed by atoms with Gasteiger partial charge in [0.25, 0.3) is 5.91 Å². The van der Waals surface area contributed by atoms with Crippen molar-refractivity contribution in [2.75, 3.05) is 5.32 Å². The molecule has 2 aromatic carbocycles. The van der Waals surface area contributed by atoms with Crippen LogP contribution >= 0.6 is 0 Å². The molecule has 0 bridgehead atoms. The van der Waals surface area contributed by atoms with Gasteiger partial charge in [-0.05, 0) is 36.2 Å². The van der Waals surface area contributed by atoms with E-state index in [2.05, 4.69) is 5.32 Å². The second-order valence-corrected chi connectivity index (χ2v) is 4.23. The molecule has 1 amide bonds. The third-order valence-electron chi connectivity index (χ3n) is 2.88. The molecule has 0 spiro atoms. The summed E-state index contributed by atoms with van der Waals surface area (Å²) in [5, 5.41) is 10.6. The highest BCUT2D eigenvalue weighted by Gasteiger charge is 2.06. The zero-order chi connectivity index (χ0) is 13.7. The zero-order valence-electron chi connectivity index (χ0n) is 10.8. The molecule has 0 atom stereocenters. The molecule has 2 aromatic rings. The van der Waals surface area contributed by atoms with E-state index in [1.807, 2.05) is 49.4 Å². The van der Waals surface area contributed by atoms with Gasteiger partial charge in [0.1, 0.15) is 0 Å². The van der Waals surface area contributed by atoms with Crippen LogP contribution < -0.4 is 5.32 Å². The van der Waals surface area contributed by atoms with Gasteiger partial charge < -0.3 is 10.7 Å². The summed E-state index contributed by atoms with van der Waals surface area (Å²) in [6.45, 7) is 1.94. The highest BCUT2D eigenvalue weighted by atomic mass is 16.1. The summed E-state index contributed by atoms with van der Waals surface area (Å²) >= 11 is 0. The second-order valence-electron chi connectivity index (χ2n) is 4.23. The number of carbonyl (C=O) groups is 1. The number of anilines is 1. The molecule has 3 nitrogen and oxygen atoms in total. The average molecular weight is 252 g/mol.